The zero-order valence-electron chi connectivity index (χ0n) is 11.9. The molecule has 0 aliphatic heterocycles. The molecule has 3 unspecified atom stereocenters. The summed E-state index contributed by atoms with van der Waals surface area (Å²) in [5, 5.41) is 0. The first-order valence-electron chi connectivity index (χ1n) is 6.62. The van der Waals surface area contributed by atoms with Gasteiger partial charge in [0.1, 0.15) is 0 Å². The fourth-order valence-electron chi connectivity index (χ4n) is 3.47. The number of rotatable bonds is 0. The summed E-state index contributed by atoms with van der Waals surface area (Å²) in [6.07, 6.45) is 4.31. The van der Waals surface area contributed by atoms with E-state index < -0.39 is 0 Å². The summed E-state index contributed by atoms with van der Waals surface area (Å²) in [7, 11) is 0. The second-order valence-corrected chi connectivity index (χ2v) is 7.83. The Bertz CT molecular complexity index is 201. The largest absolute Gasteiger partial charge is 0.0622 e. The Balaban J connectivity index is 2.64. The molecule has 0 bridgehead atoms. The molecule has 0 radical (unpaired) electrons. The molecule has 0 spiro atoms. The number of hydrogen-bond donors (Lipinski definition) is 0. The second-order valence-electron chi connectivity index (χ2n) is 7.83. The van der Waals surface area contributed by atoms with Crippen molar-refractivity contribution >= 4 is 0 Å². The lowest BCUT2D eigenvalue weighted by Crippen LogP contribution is -2.36. The Labute approximate surface area is 96.8 Å². The van der Waals surface area contributed by atoms with Gasteiger partial charge in [-0.3, -0.25) is 0 Å². The predicted octanol–water partition coefficient (Wildman–Crippen LogP) is 5.13. The van der Waals surface area contributed by atoms with Crippen molar-refractivity contribution in [2.45, 2.75) is 67.7 Å². The van der Waals surface area contributed by atoms with E-state index in [1.54, 1.807) is 0 Å². The smallest absolute Gasteiger partial charge is 0.0339 e. The van der Waals surface area contributed by atoms with E-state index in [0.717, 1.165) is 17.8 Å². The van der Waals surface area contributed by atoms with Crippen LogP contribution in [0.15, 0.2) is 0 Å². The zero-order valence-corrected chi connectivity index (χ0v) is 11.9. The Hall–Kier alpha value is 0. The predicted molar refractivity (Wildman–Crippen MR) is 68.9 cm³/mol. The topological polar surface area (TPSA) is 0 Å². The SMILES string of the molecule is CC1CC(C(C)(C)C)CCC1C(C)(C)C. The molecule has 0 heteroatoms. The minimum absolute atomic E-state index is 0.502. The van der Waals surface area contributed by atoms with Crippen molar-refractivity contribution in [2.75, 3.05) is 0 Å². The normalized spacial score (nSPS) is 34.2. The molecule has 1 aliphatic rings. The van der Waals surface area contributed by atoms with Gasteiger partial charge in [-0.15, -0.1) is 0 Å². The quantitative estimate of drug-likeness (QED) is 0.520. The lowest BCUT2D eigenvalue weighted by atomic mass is 9.60. The van der Waals surface area contributed by atoms with Crippen LogP contribution >= 0.6 is 0 Å². The van der Waals surface area contributed by atoms with Crippen molar-refractivity contribution in [1.29, 1.82) is 0 Å². The minimum Gasteiger partial charge on any atom is -0.0622 e. The van der Waals surface area contributed by atoms with Gasteiger partial charge in [0, 0.05) is 0 Å². The van der Waals surface area contributed by atoms with Crippen molar-refractivity contribution in [1.82, 2.24) is 0 Å². The Kier molecular flexibility index (Phi) is 3.58. The van der Waals surface area contributed by atoms with Crippen molar-refractivity contribution in [3.63, 3.8) is 0 Å². The van der Waals surface area contributed by atoms with Crippen LogP contribution in [0.5, 0.6) is 0 Å². The van der Waals surface area contributed by atoms with Gasteiger partial charge in [0.25, 0.3) is 0 Å². The molecule has 1 aliphatic carbocycles. The lowest BCUT2D eigenvalue weighted by Gasteiger charge is -2.45. The van der Waals surface area contributed by atoms with Crippen LogP contribution in [-0.2, 0) is 0 Å². The van der Waals surface area contributed by atoms with Gasteiger partial charge in [0.15, 0.2) is 0 Å². The van der Waals surface area contributed by atoms with Gasteiger partial charge in [-0.2, -0.15) is 0 Å². The summed E-state index contributed by atoms with van der Waals surface area (Å²) in [6.45, 7) is 16.9. The van der Waals surface area contributed by atoms with Crippen molar-refractivity contribution in [3.8, 4) is 0 Å². The van der Waals surface area contributed by atoms with Crippen molar-refractivity contribution in [2.24, 2.45) is 28.6 Å². The van der Waals surface area contributed by atoms with Gasteiger partial charge in [0.05, 0.1) is 0 Å². The van der Waals surface area contributed by atoms with Crippen LogP contribution in [0.25, 0.3) is 0 Å². The van der Waals surface area contributed by atoms with E-state index in [4.69, 9.17) is 0 Å². The molecule has 1 fully saturated rings. The van der Waals surface area contributed by atoms with Gasteiger partial charge in [-0.25, -0.2) is 0 Å². The molecular formula is C15H30. The molecule has 0 aromatic heterocycles. The third-order valence-electron chi connectivity index (χ3n) is 4.51. The van der Waals surface area contributed by atoms with E-state index in [9.17, 15) is 0 Å². The monoisotopic (exact) mass is 210 g/mol. The third kappa shape index (κ3) is 3.23. The fourth-order valence-corrected chi connectivity index (χ4v) is 3.47. The standard InChI is InChI=1S/C15H30/c1-11-10-12(14(2,3)4)8-9-13(11)15(5,6)7/h11-13H,8-10H2,1-7H3. The molecule has 15 heavy (non-hydrogen) atoms. The van der Waals surface area contributed by atoms with Crippen molar-refractivity contribution < 1.29 is 0 Å². The van der Waals surface area contributed by atoms with Crippen LogP contribution in [0.3, 0.4) is 0 Å². The maximum atomic E-state index is 2.47. The van der Waals surface area contributed by atoms with Crippen LogP contribution in [0.1, 0.15) is 67.7 Å². The van der Waals surface area contributed by atoms with Crippen LogP contribution < -0.4 is 0 Å². The number of hydrogen-bond acceptors (Lipinski definition) is 0. The van der Waals surface area contributed by atoms with Gasteiger partial charge in [0.2, 0.25) is 0 Å². The average Bonchev–Trinajstić information content (AvgIpc) is 1.99. The summed E-state index contributed by atoms with van der Waals surface area (Å²) in [5.74, 6) is 2.77. The molecule has 0 heterocycles. The Morgan fingerprint density at radius 2 is 1.33 bits per heavy atom. The average molecular weight is 210 g/mol. The van der Waals surface area contributed by atoms with Gasteiger partial charge >= 0.3 is 0 Å². The maximum absolute atomic E-state index is 2.47. The van der Waals surface area contributed by atoms with Crippen LogP contribution in [0, 0.1) is 28.6 Å². The molecule has 0 nitrogen and oxygen atoms in total. The summed E-state index contributed by atoms with van der Waals surface area (Å²) in [6, 6.07) is 0. The molecule has 3 atom stereocenters. The van der Waals surface area contributed by atoms with E-state index in [2.05, 4.69) is 48.5 Å². The Morgan fingerprint density at radius 1 is 0.800 bits per heavy atom. The molecular weight excluding hydrogens is 180 g/mol. The molecule has 90 valence electrons. The van der Waals surface area contributed by atoms with E-state index in [-0.39, 0.29) is 0 Å². The first-order valence-corrected chi connectivity index (χ1v) is 6.62. The summed E-state index contributed by atoms with van der Waals surface area (Å²) >= 11 is 0. The summed E-state index contributed by atoms with van der Waals surface area (Å²) in [5.41, 5.74) is 1.01. The molecule has 1 rings (SSSR count). The minimum atomic E-state index is 0.502. The van der Waals surface area contributed by atoms with Gasteiger partial charge in [-0.1, -0.05) is 48.5 Å². The molecule has 0 saturated heterocycles. The van der Waals surface area contributed by atoms with Gasteiger partial charge < -0.3 is 0 Å². The third-order valence-corrected chi connectivity index (χ3v) is 4.51. The lowest BCUT2D eigenvalue weighted by molar-refractivity contribution is 0.0493. The first kappa shape index (κ1) is 13.1. The van der Waals surface area contributed by atoms with E-state index in [0.29, 0.717) is 10.8 Å². The van der Waals surface area contributed by atoms with Crippen LogP contribution in [-0.4, -0.2) is 0 Å². The molecule has 0 amide bonds. The highest BCUT2D eigenvalue weighted by molar-refractivity contribution is 4.88. The second kappa shape index (κ2) is 4.11. The Morgan fingerprint density at radius 3 is 1.67 bits per heavy atom. The van der Waals surface area contributed by atoms with E-state index in [1.807, 2.05) is 0 Å². The summed E-state index contributed by atoms with van der Waals surface area (Å²) in [4.78, 5) is 0. The van der Waals surface area contributed by atoms with E-state index in [1.165, 1.54) is 19.3 Å². The van der Waals surface area contributed by atoms with Gasteiger partial charge in [-0.05, 0) is 47.8 Å². The highest BCUT2D eigenvalue weighted by Crippen LogP contribution is 2.47. The highest BCUT2D eigenvalue weighted by Gasteiger charge is 2.38. The fraction of sp³-hybridized carbons (Fsp3) is 1.00. The zero-order chi connectivity index (χ0) is 11.9. The summed E-state index contributed by atoms with van der Waals surface area (Å²) < 4.78 is 0. The molecule has 0 aromatic carbocycles. The van der Waals surface area contributed by atoms with Crippen LogP contribution in [0.4, 0.5) is 0 Å². The molecule has 0 N–H and O–H groups in total. The van der Waals surface area contributed by atoms with E-state index >= 15 is 0 Å². The van der Waals surface area contributed by atoms with Crippen LogP contribution in [0.2, 0.25) is 0 Å². The molecule has 1 saturated carbocycles. The first-order chi connectivity index (χ1) is 6.62. The maximum Gasteiger partial charge on any atom is -0.0339 e. The highest BCUT2D eigenvalue weighted by atomic mass is 14.4. The molecule has 0 aromatic rings. The van der Waals surface area contributed by atoms with Crippen molar-refractivity contribution in [3.05, 3.63) is 0 Å².